The minimum Gasteiger partial charge on any atom is -0.361 e. The Morgan fingerprint density at radius 3 is 2.77 bits per heavy atom. The molecule has 0 saturated carbocycles. The third-order valence-electron chi connectivity index (χ3n) is 4.23. The monoisotopic (exact) mass is 466 g/mol. The van der Waals surface area contributed by atoms with Gasteiger partial charge in [0.15, 0.2) is 5.96 Å². The summed E-state index contributed by atoms with van der Waals surface area (Å²) in [6, 6.07) is 14.9. The van der Waals surface area contributed by atoms with Crippen LogP contribution in [-0.2, 0) is 13.0 Å². The summed E-state index contributed by atoms with van der Waals surface area (Å²) >= 11 is 0. The average Bonchev–Trinajstić information content (AvgIpc) is 3.02. The SMILES string of the molecule is CN=C(NCCc1c[nH]c2ccccc12)N(C)Cc1cccc(F)c1.I. The zero-order chi connectivity index (χ0) is 17.6. The average molecular weight is 466 g/mol. The molecule has 0 atom stereocenters. The zero-order valence-electron chi connectivity index (χ0n) is 15.0. The van der Waals surface area contributed by atoms with Crippen molar-refractivity contribution in [1.29, 1.82) is 0 Å². The van der Waals surface area contributed by atoms with Crippen LogP contribution in [0.5, 0.6) is 0 Å². The fourth-order valence-corrected chi connectivity index (χ4v) is 3.02. The summed E-state index contributed by atoms with van der Waals surface area (Å²) in [5.41, 5.74) is 3.36. The number of aliphatic imine (C=N–C) groups is 1. The zero-order valence-corrected chi connectivity index (χ0v) is 17.3. The smallest absolute Gasteiger partial charge is 0.193 e. The van der Waals surface area contributed by atoms with Gasteiger partial charge in [0, 0.05) is 44.3 Å². The maximum absolute atomic E-state index is 13.3. The van der Waals surface area contributed by atoms with E-state index in [9.17, 15) is 4.39 Å². The number of aromatic amines is 1. The van der Waals surface area contributed by atoms with Crippen LogP contribution >= 0.6 is 24.0 Å². The number of hydrogen-bond acceptors (Lipinski definition) is 1. The van der Waals surface area contributed by atoms with Gasteiger partial charge in [-0.15, -0.1) is 24.0 Å². The number of halogens is 2. The second-order valence-electron chi connectivity index (χ2n) is 6.07. The summed E-state index contributed by atoms with van der Waals surface area (Å²) in [4.78, 5) is 9.60. The van der Waals surface area contributed by atoms with Crippen LogP contribution in [0.4, 0.5) is 4.39 Å². The lowest BCUT2D eigenvalue weighted by Crippen LogP contribution is -2.39. The lowest BCUT2D eigenvalue weighted by Gasteiger charge is -2.22. The van der Waals surface area contributed by atoms with E-state index in [1.165, 1.54) is 17.0 Å². The quantitative estimate of drug-likeness (QED) is 0.337. The number of hydrogen-bond donors (Lipinski definition) is 2. The van der Waals surface area contributed by atoms with Gasteiger partial charge in [-0.05, 0) is 35.7 Å². The van der Waals surface area contributed by atoms with Gasteiger partial charge >= 0.3 is 0 Å². The van der Waals surface area contributed by atoms with Gasteiger partial charge in [0.05, 0.1) is 0 Å². The van der Waals surface area contributed by atoms with Crippen LogP contribution < -0.4 is 5.32 Å². The van der Waals surface area contributed by atoms with Gasteiger partial charge in [0.2, 0.25) is 0 Å². The molecule has 3 aromatic rings. The Hall–Kier alpha value is -2.09. The third-order valence-corrected chi connectivity index (χ3v) is 4.23. The molecule has 0 saturated heterocycles. The Kier molecular flexibility index (Phi) is 7.44. The van der Waals surface area contributed by atoms with Gasteiger partial charge in [0.1, 0.15) is 5.82 Å². The molecule has 2 aromatic carbocycles. The molecule has 26 heavy (non-hydrogen) atoms. The van der Waals surface area contributed by atoms with E-state index in [2.05, 4.69) is 39.7 Å². The third kappa shape index (κ3) is 4.97. The number of guanidine groups is 1. The molecule has 3 rings (SSSR count). The van der Waals surface area contributed by atoms with Gasteiger partial charge in [0.25, 0.3) is 0 Å². The minimum absolute atomic E-state index is 0. The fraction of sp³-hybridized carbons (Fsp3) is 0.250. The minimum atomic E-state index is -0.215. The normalized spacial score (nSPS) is 11.3. The van der Waals surface area contributed by atoms with E-state index in [1.807, 2.05) is 24.1 Å². The van der Waals surface area contributed by atoms with Crippen LogP contribution in [0, 0.1) is 5.82 Å². The molecular weight excluding hydrogens is 442 g/mol. The first-order valence-electron chi connectivity index (χ1n) is 8.38. The Labute approximate surface area is 170 Å². The highest BCUT2D eigenvalue weighted by molar-refractivity contribution is 14.0. The van der Waals surface area contributed by atoms with Gasteiger partial charge in [-0.3, -0.25) is 4.99 Å². The van der Waals surface area contributed by atoms with E-state index < -0.39 is 0 Å². The summed E-state index contributed by atoms with van der Waals surface area (Å²) in [5.74, 6) is 0.581. The number of para-hydroxylation sites is 1. The summed E-state index contributed by atoms with van der Waals surface area (Å²) in [6.45, 7) is 1.38. The first-order chi connectivity index (χ1) is 12.2. The van der Waals surface area contributed by atoms with E-state index in [1.54, 1.807) is 19.2 Å². The van der Waals surface area contributed by atoms with E-state index >= 15 is 0 Å². The maximum atomic E-state index is 13.3. The number of H-pyrrole nitrogens is 1. The molecule has 0 aliphatic rings. The summed E-state index contributed by atoms with van der Waals surface area (Å²) in [6.07, 6.45) is 2.96. The van der Waals surface area contributed by atoms with Crippen LogP contribution in [-0.4, -0.2) is 36.5 Å². The molecule has 0 spiro atoms. The molecule has 2 N–H and O–H groups in total. The molecule has 0 bridgehead atoms. The summed E-state index contributed by atoms with van der Waals surface area (Å²) in [5, 5.41) is 4.63. The van der Waals surface area contributed by atoms with Crippen molar-refractivity contribution < 1.29 is 4.39 Å². The molecule has 0 aliphatic carbocycles. The molecule has 1 heterocycles. The van der Waals surface area contributed by atoms with Crippen LogP contribution in [0.25, 0.3) is 10.9 Å². The van der Waals surface area contributed by atoms with E-state index in [-0.39, 0.29) is 29.8 Å². The van der Waals surface area contributed by atoms with Gasteiger partial charge in [-0.1, -0.05) is 30.3 Å². The highest BCUT2D eigenvalue weighted by atomic mass is 127. The molecule has 0 radical (unpaired) electrons. The Balaban J connectivity index is 0.00000243. The molecule has 138 valence electrons. The van der Waals surface area contributed by atoms with E-state index in [0.29, 0.717) is 6.54 Å². The van der Waals surface area contributed by atoms with Gasteiger partial charge in [-0.2, -0.15) is 0 Å². The predicted octanol–water partition coefficient (Wildman–Crippen LogP) is 4.17. The van der Waals surface area contributed by atoms with Crippen LogP contribution in [0.1, 0.15) is 11.1 Å². The Bertz CT molecular complexity index is 875. The van der Waals surface area contributed by atoms with Crippen molar-refractivity contribution in [3.8, 4) is 0 Å². The molecule has 0 unspecified atom stereocenters. The van der Waals surface area contributed by atoms with Crippen molar-refractivity contribution in [2.24, 2.45) is 4.99 Å². The largest absolute Gasteiger partial charge is 0.361 e. The lowest BCUT2D eigenvalue weighted by atomic mass is 10.1. The molecule has 0 fully saturated rings. The van der Waals surface area contributed by atoms with Crippen molar-refractivity contribution in [2.45, 2.75) is 13.0 Å². The molecular formula is C20H24FIN4. The lowest BCUT2D eigenvalue weighted by molar-refractivity contribution is 0.475. The van der Waals surface area contributed by atoms with Crippen molar-refractivity contribution in [1.82, 2.24) is 15.2 Å². The van der Waals surface area contributed by atoms with Gasteiger partial charge < -0.3 is 15.2 Å². The van der Waals surface area contributed by atoms with E-state index in [0.717, 1.165) is 30.0 Å². The van der Waals surface area contributed by atoms with Crippen molar-refractivity contribution in [3.63, 3.8) is 0 Å². The summed E-state index contributed by atoms with van der Waals surface area (Å²) in [7, 11) is 3.71. The number of nitrogens with zero attached hydrogens (tertiary/aromatic N) is 2. The topological polar surface area (TPSA) is 43.4 Å². The van der Waals surface area contributed by atoms with Crippen LogP contribution in [0.15, 0.2) is 59.7 Å². The maximum Gasteiger partial charge on any atom is 0.193 e. The van der Waals surface area contributed by atoms with Gasteiger partial charge in [-0.25, -0.2) is 4.39 Å². The van der Waals surface area contributed by atoms with Crippen LogP contribution in [0.3, 0.4) is 0 Å². The first kappa shape index (κ1) is 20.2. The molecule has 0 aliphatic heterocycles. The highest BCUT2D eigenvalue weighted by Crippen LogP contribution is 2.17. The number of rotatable bonds is 5. The standard InChI is InChI=1S/C20H23FN4.HI/c1-22-20(25(2)14-15-6-5-7-17(21)12-15)23-11-10-16-13-24-19-9-4-3-8-18(16)19;/h3-9,12-13,24H,10-11,14H2,1-2H3,(H,22,23);1H. The van der Waals surface area contributed by atoms with Crippen molar-refractivity contribution in [2.75, 3.05) is 20.6 Å². The first-order valence-corrected chi connectivity index (χ1v) is 8.38. The molecule has 1 aromatic heterocycles. The fourth-order valence-electron chi connectivity index (χ4n) is 3.02. The second-order valence-corrected chi connectivity index (χ2v) is 6.07. The number of aromatic nitrogens is 1. The molecule has 4 nitrogen and oxygen atoms in total. The molecule has 0 amide bonds. The Morgan fingerprint density at radius 2 is 2.00 bits per heavy atom. The van der Waals surface area contributed by atoms with E-state index in [4.69, 9.17) is 0 Å². The Morgan fingerprint density at radius 1 is 1.19 bits per heavy atom. The number of benzene rings is 2. The van der Waals surface area contributed by atoms with Crippen LogP contribution in [0.2, 0.25) is 0 Å². The predicted molar refractivity (Wildman–Crippen MR) is 117 cm³/mol. The highest BCUT2D eigenvalue weighted by Gasteiger charge is 2.08. The molecule has 6 heteroatoms. The van der Waals surface area contributed by atoms with Crippen molar-refractivity contribution in [3.05, 3.63) is 71.7 Å². The number of fused-ring (bicyclic) bond motifs is 1. The summed E-state index contributed by atoms with van der Waals surface area (Å²) < 4.78 is 13.3. The number of nitrogens with one attached hydrogen (secondary N) is 2. The second kappa shape index (κ2) is 9.56. The van der Waals surface area contributed by atoms with Crippen molar-refractivity contribution >= 4 is 40.8 Å².